The van der Waals surface area contributed by atoms with Gasteiger partial charge < -0.3 is 0 Å². The van der Waals surface area contributed by atoms with E-state index >= 15 is 8.78 Å². The Bertz CT molecular complexity index is 1890. The van der Waals surface area contributed by atoms with Crippen LogP contribution >= 0.6 is 11.6 Å². The molecule has 0 radical (unpaired) electrons. The highest BCUT2D eigenvalue weighted by Crippen LogP contribution is 2.55. The highest BCUT2D eigenvalue weighted by molar-refractivity contribution is 7.90. The first-order valence-corrected chi connectivity index (χ1v) is 14.1. The lowest BCUT2D eigenvalue weighted by Gasteiger charge is -2.18. The number of rotatable bonds is 5. The summed E-state index contributed by atoms with van der Waals surface area (Å²) in [5, 5.41) is 13.5. The van der Waals surface area contributed by atoms with Crippen molar-refractivity contribution in [2.24, 2.45) is 7.05 Å². The van der Waals surface area contributed by atoms with E-state index in [0.717, 1.165) is 22.6 Å². The molecule has 1 aliphatic rings. The number of nitrogens with zero attached hydrogens (tertiary/aromatic N) is 5. The molecule has 5 rings (SSSR count). The Kier molecular flexibility index (Phi) is 6.44. The minimum Gasteiger partial charge on any atom is -0.277 e. The average Bonchev–Trinajstić information content (AvgIpc) is 3.57. The smallest absolute Gasteiger partial charge is 0.274 e. The Balaban J connectivity index is 1.61. The second-order valence-corrected chi connectivity index (χ2v) is 12.0. The first kappa shape index (κ1) is 26.7. The molecule has 1 saturated carbocycles. The second kappa shape index (κ2) is 9.39. The monoisotopic (exact) mass is 569 g/mol. The lowest BCUT2D eigenvalue weighted by atomic mass is 10.1. The van der Waals surface area contributed by atoms with Crippen molar-refractivity contribution < 1.29 is 17.2 Å². The zero-order chi connectivity index (χ0) is 28.4. The van der Waals surface area contributed by atoms with Gasteiger partial charge in [0.1, 0.15) is 27.4 Å². The molecule has 4 aromatic rings. The zero-order valence-corrected chi connectivity index (χ0v) is 22.9. The standard InChI is InChI=1S/C27H22ClF2N5O3S/c1-13-12-32-25(16-6-5-7-21(23(16)29)39(4,37)38)24(30)26(13)35-14(2)8-19(22(28)27(35)36)17-10-18(17)20-9-15(11-31)34(3)33-20/h5-9,12,17-18H,10H2,1-4H3/t17-,18?/m1/s1. The Labute approximate surface area is 228 Å². The van der Waals surface area contributed by atoms with E-state index in [-0.39, 0.29) is 28.1 Å². The van der Waals surface area contributed by atoms with Crippen molar-refractivity contribution in [2.75, 3.05) is 6.26 Å². The van der Waals surface area contributed by atoms with Crippen LogP contribution in [0.2, 0.25) is 5.02 Å². The van der Waals surface area contributed by atoms with Gasteiger partial charge in [0.25, 0.3) is 5.56 Å². The topological polar surface area (TPSA) is 111 Å². The number of aryl methyl sites for hydroxylation is 3. The first-order valence-electron chi connectivity index (χ1n) is 11.9. The summed E-state index contributed by atoms with van der Waals surface area (Å²) in [7, 11) is -2.24. The van der Waals surface area contributed by atoms with E-state index in [1.165, 1.54) is 23.0 Å². The molecule has 0 amide bonds. The summed E-state index contributed by atoms with van der Waals surface area (Å²) in [6, 6.07) is 9.11. The predicted molar refractivity (Wildman–Crippen MR) is 141 cm³/mol. The number of halogens is 3. The molecule has 1 fully saturated rings. The van der Waals surface area contributed by atoms with Gasteiger partial charge in [0.05, 0.1) is 11.4 Å². The first-order chi connectivity index (χ1) is 18.3. The Morgan fingerprint density at radius 2 is 1.87 bits per heavy atom. The molecule has 8 nitrogen and oxygen atoms in total. The molecule has 39 heavy (non-hydrogen) atoms. The lowest BCUT2D eigenvalue weighted by Crippen LogP contribution is -2.24. The molecule has 0 bridgehead atoms. The van der Waals surface area contributed by atoms with Gasteiger partial charge in [0.15, 0.2) is 21.5 Å². The van der Waals surface area contributed by atoms with Crippen molar-refractivity contribution in [3.05, 3.63) is 91.7 Å². The van der Waals surface area contributed by atoms with Gasteiger partial charge in [-0.1, -0.05) is 17.7 Å². The van der Waals surface area contributed by atoms with E-state index in [1.807, 2.05) is 0 Å². The van der Waals surface area contributed by atoms with Crippen LogP contribution in [0.4, 0.5) is 8.78 Å². The molecule has 12 heteroatoms. The summed E-state index contributed by atoms with van der Waals surface area (Å²) in [6.07, 6.45) is 2.83. The van der Waals surface area contributed by atoms with Crippen LogP contribution in [0.5, 0.6) is 0 Å². The summed E-state index contributed by atoms with van der Waals surface area (Å²) >= 11 is 6.55. The zero-order valence-electron chi connectivity index (χ0n) is 21.3. The van der Waals surface area contributed by atoms with Crippen LogP contribution in [0.25, 0.3) is 16.9 Å². The summed E-state index contributed by atoms with van der Waals surface area (Å²) in [5.41, 5.74) is 0.858. The largest absolute Gasteiger partial charge is 0.277 e. The van der Waals surface area contributed by atoms with Gasteiger partial charge in [-0.25, -0.2) is 17.2 Å². The Hall–Kier alpha value is -3.88. The van der Waals surface area contributed by atoms with Crippen LogP contribution in [-0.4, -0.2) is 34.0 Å². The molecule has 1 aliphatic carbocycles. The van der Waals surface area contributed by atoms with Gasteiger partial charge in [-0.15, -0.1) is 0 Å². The number of hydrogen-bond donors (Lipinski definition) is 0. The van der Waals surface area contributed by atoms with Crippen molar-refractivity contribution in [1.29, 1.82) is 5.26 Å². The molecular weight excluding hydrogens is 548 g/mol. The van der Waals surface area contributed by atoms with Crippen LogP contribution in [0.15, 0.2) is 46.2 Å². The summed E-state index contributed by atoms with van der Waals surface area (Å²) in [6.45, 7) is 3.19. The summed E-state index contributed by atoms with van der Waals surface area (Å²) in [5.74, 6) is -2.23. The predicted octanol–water partition coefficient (Wildman–Crippen LogP) is 4.73. The number of nitriles is 1. The van der Waals surface area contributed by atoms with E-state index in [1.54, 1.807) is 33.0 Å². The Morgan fingerprint density at radius 1 is 1.15 bits per heavy atom. The maximum absolute atomic E-state index is 16.0. The highest BCUT2D eigenvalue weighted by atomic mass is 35.5. The van der Waals surface area contributed by atoms with E-state index in [4.69, 9.17) is 11.6 Å². The molecule has 3 heterocycles. The molecular formula is C27H22ClF2N5O3S. The van der Waals surface area contributed by atoms with Gasteiger partial charge >= 0.3 is 0 Å². The van der Waals surface area contributed by atoms with E-state index in [2.05, 4.69) is 16.2 Å². The second-order valence-electron chi connectivity index (χ2n) is 9.68. The number of sulfone groups is 1. The van der Waals surface area contributed by atoms with Crippen molar-refractivity contribution in [3.63, 3.8) is 0 Å². The van der Waals surface area contributed by atoms with Crippen molar-refractivity contribution in [3.8, 4) is 23.0 Å². The van der Waals surface area contributed by atoms with Crippen LogP contribution in [0.1, 0.15) is 46.5 Å². The number of hydrogen-bond acceptors (Lipinski definition) is 6. The molecule has 0 spiro atoms. The van der Waals surface area contributed by atoms with Gasteiger partial charge in [0, 0.05) is 36.7 Å². The number of benzene rings is 1. The molecule has 0 saturated heterocycles. The lowest BCUT2D eigenvalue weighted by molar-refractivity contribution is 0.569. The average molecular weight is 570 g/mol. The van der Waals surface area contributed by atoms with Crippen LogP contribution in [0.3, 0.4) is 0 Å². The maximum Gasteiger partial charge on any atom is 0.274 e. The van der Waals surface area contributed by atoms with Gasteiger partial charge in [-0.05, 0) is 61.6 Å². The van der Waals surface area contributed by atoms with Gasteiger partial charge in [-0.3, -0.25) is 19.0 Å². The molecule has 200 valence electrons. The summed E-state index contributed by atoms with van der Waals surface area (Å²) in [4.78, 5) is 17.0. The molecule has 1 unspecified atom stereocenters. The van der Waals surface area contributed by atoms with Crippen molar-refractivity contribution in [1.82, 2.24) is 19.3 Å². The summed E-state index contributed by atoms with van der Waals surface area (Å²) < 4.78 is 57.8. The third kappa shape index (κ3) is 4.43. The van der Waals surface area contributed by atoms with Gasteiger partial charge in [-0.2, -0.15) is 10.4 Å². The Morgan fingerprint density at radius 3 is 2.51 bits per heavy atom. The van der Waals surface area contributed by atoms with E-state index in [9.17, 15) is 18.5 Å². The van der Waals surface area contributed by atoms with Crippen molar-refractivity contribution >= 4 is 21.4 Å². The number of aromatic nitrogens is 4. The minimum absolute atomic E-state index is 0.0125. The highest BCUT2D eigenvalue weighted by Gasteiger charge is 2.43. The van der Waals surface area contributed by atoms with E-state index in [0.29, 0.717) is 28.9 Å². The normalized spacial score (nSPS) is 16.8. The third-order valence-electron chi connectivity index (χ3n) is 6.96. The molecule has 0 N–H and O–H groups in total. The molecule has 3 aromatic heterocycles. The molecule has 2 atom stereocenters. The molecule has 1 aromatic carbocycles. The van der Waals surface area contributed by atoms with Gasteiger partial charge in [0.2, 0.25) is 0 Å². The fraction of sp³-hybridized carbons (Fsp3) is 0.259. The fourth-order valence-corrected chi connectivity index (χ4v) is 5.97. The van der Waals surface area contributed by atoms with Crippen molar-refractivity contribution in [2.45, 2.75) is 37.0 Å². The number of pyridine rings is 2. The minimum atomic E-state index is -3.92. The fourth-order valence-electron chi connectivity index (χ4n) is 4.93. The van der Waals surface area contributed by atoms with Crippen LogP contribution in [0, 0.1) is 36.8 Å². The van der Waals surface area contributed by atoms with Crippen LogP contribution < -0.4 is 5.56 Å². The maximum atomic E-state index is 16.0. The SMILES string of the molecule is Cc1cnc(-c2cccc(S(C)(=O)=O)c2F)c(F)c1-n1c(C)cc([C@@H]2CC2c2cc(C#N)n(C)n2)c(Cl)c1=O. The van der Waals surface area contributed by atoms with Crippen LogP contribution in [-0.2, 0) is 16.9 Å². The van der Waals surface area contributed by atoms with E-state index < -0.39 is 37.6 Å². The third-order valence-corrected chi connectivity index (χ3v) is 8.46. The molecule has 0 aliphatic heterocycles. The quantitative estimate of drug-likeness (QED) is 0.344.